The van der Waals surface area contributed by atoms with E-state index < -0.39 is 0 Å². The first-order chi connectivity index (χ1) is 11.1. The van der Waals surface area contributed by atoms with Crippen LogP contribution in [-0.4, -0.2) is 29.1 Å². The van der Waals surface area contributed by atoms with Crippen LogP contribution in [0.4, 0.5) is 5.69 Å². The molecule has 2 aromatic rings. The number of hydrogen-bond acceptors (Lipinski definition) is 4. The lowest BCUT2D eigenvalue weighted by Crippen LogP contribution is -2.42. The molecule has 0 unspecified atom stereocenters. The summed E-state index contributed by atoms with van der Waals surface area (Å²) in [6.45, 7) is 6.69. The van der Waals surface area contributed by atoms with Crippen LogP contribution in [0.15, 0.2) is 35.1 Å². The van der Waals surface area contributed by atoms with E-state index in [0.29, 0.717) is 18.4 Å². The van der Waals surface area contributed by atoms with Crippen molar-refractivity contribution < 1.29 is 0 Å². The molecule has 5 heteroatoms. The largest absolute Gasteiger partial charge is 0.371 e. The topological polar surface area (TPSA) is 61.0 Å². The van der Waals surface area contributed by atoms with Crippen LogP contribution < -0.4 is 15.8 Å². The van der Waals surface area contributed by atoms with Crippen molar-refractivity contribution in [1.82, 2.24) is 15.3 Å². The van der Waals surface area contributed by atoms with Crippen LogP contribution in [0.25, 0.3) is 0 Å². The molecule has 0 radical (unpaired) electrons. The highest BCUT2D eigenvalue weighted by molar-refractivity contribution is 5.47. The number of piperidine rings is 1. The lowest BCUT2D eigenvalue weighted by Gasteiger charge is -2.34. The van der Waals surface area contributed by atoms with E-state index in [0.717, 1.165) is 31.6 Å². The smallest absolute Gasteiger partial charge is 0.251 e. The quantitative estimate of drug-likeness (QED) is 0.908. The Morgan fingerprint density at radius 3 is 2.57 bits per heavy atom. The normalized spacial score (nSPS) is 15.8. The fraction of sp³-hybridized carbons (Fsp3) is 0.444. The van der Waals surface area contributed by atoms with E-state index >= 15 is 0 Å². The SMILES string of the molecule is Cc1ccc(N2CCC(NCc3cc(=O)[nH]c(C)n3)CC2)cc1. The Balaban J connectivity index is 1.51. The molecule has 1 fully saturated rings. The Kier molecular flexibility index (Phi) is 4.76. The Morgan fingerprint density at radius 1 is 1.22 bits per heavy atom. The first kappa shape index (κ1) is 15.7. The van der Waals surface area contributed by atoms with E-state index in [1.54, 1.807) is 6.07 Å². The van der Waals surface area contributed by atoms with Crippen molar-refractivity contribution in [2.75, 3.05) is 18.0 Å². The molecule has 0 atom stereocenters. The number of aromatic amines is 1. The molecule has 0 saturated carbocycles. The molecule has 0 bridgehead atoms. The number of nitrogens with zero attached hydrogens (tertiary/aromatic N) is 2. The van der Waals surface area contributed by atoms with E-state index in [1.165, 1.54) is 11.3 Å². The summed E-state index contributed by atoms with van der Waals surface area (Å²) in [5.74, 6) is 0.670. The van der Waals surface area contributed by atoms with Crippen molar-refractivity contribution in [3.8, 4) is 0 Å². The Morgan fingerprint density at radius 2 is 1.91 bits per heavy atom. The number of nitrogens with one attached hydrogen (secondary N) is 2. The van der Waals surface area contributed by atoms with Crippen molar-refractivity contribution in [1.29, 1.82) is 0 Å². The van der Waals surface area contributed by atoms with Crippen molar-refractivity contribution in [3.63, 3.8) is 0 Å². The molecule has 23 heavy (non-hydrogen) atoms. The number of rotatable bonds is 4. The van der Waals surface area contributed by atoms with Crippen LogP contribution in [0, 0.1) is 13.8 Å². The zero-order valence-electron chi connectivity index (χ0n) is 13.8. The summed E-state index contributed by atoms with van der Waals surface area (Å²) in [5, 5.41) is 3.53. The minimum absolute atomic E-state index is 0.0801. The van der Waals surface area contributed by atoms with Gasteiger partial charge in [0.25, 0.3) is 5.56 Å². The minimum atomic E-state index is -0.0801. The van der Waals surface area contributed by atoms with Gasteiger partial charge in [0, 0.05) is 37.4 Å². The standard InChI is InChI=1S/C18H24N4O/c1-13-3-5-17(6-4-13)22-9-7-15(8-10-22)19-12-16-11-18(23)21-14(2)20-16/h3-6,11,15,19H,7-10,12H2,1-2H3,(H,20,21,23). The van der Waals surface area contributed by atoms with E-state index in [1.807, 2.05) is 6.92 Å². The predicted octanol–water partition coefficient (Wildman–Crippen LogP) is 2.15. The summed E-state index contributed by atoms with van der Waals surface area (Å²) >= 11 is 0. The molecule has 5 nitrogen and oxygen atoms in total. The van der Waals surface area contributed by atoms with Crippen molar-refractivity contribution >= 4 is 5.69 Å². The van der Waals surface area contributed by atoms with Gasteiger partial charge in [-0.3, -0.25) is 4.79 Å². The van der Waals surface area contributed by atoms with Crippen LogP contribution in [0.3, 0.4) is 0 Å². The molecular weight excluding hydrogens is 288 g/mol. The highest BCUT2D eigenvalue weighted by Crippen LogP contribution is 2.20. The fourth-order valence-corrected chi connectivity index (χ4v) is 3.08. The summed E-state index contributed by atoms with van der Waals surface area (Å²) in [6, 6.07) is 10.8. The molecule has 1 aromatic heterocycles. The molecule has 1 aliphatic heterocycles. The fourth-order valence-electron chi connectivity index (χ4n) is 3.08. The van der Waals surface area contributed by atoms with Gasteiger partial charge in [-0.15, -0.1) is 0 Å². The summed E-state index contributed by atoms with van der Waals surface area (Å²) < 4.78 is 0. The molecule has 0 aliphatic carbocycles. The van der Waals surface area contributed by atoms with Gasteiger partial charge in [0.05, 0.1) is 5.69 Å². The first-order valence-corrected chi connectivity index (χ1v) is 8.22. The summed E-state index contributed by atoms with van der Waals surface area (Å²) in [7, 11) is 0. The molecule has 1 saturated heterocycles. The molecule has 0 amide bonds. The number of benzene rings is 1. The minimum Gasteiger partial charge on any atom is -0.371 e. The second-order valence-electron chi connectivity index (χ2n) is 6.30. The zero-order chi connectivity index (χ0) is 16.2. The lowest BCUT2D eigenvalue weighted by molar-refractivity contribution is 0.411. The van der Waals surface area contributed by atoms with E-state index in [9.17, 15) is 4.79 Å². The van der Waals surface area contributed by atoms with Gasteiger partial charge in [-0.1, -0.05) is 17.7 Å². The summed E-state index contributed by atoms with van der Waals surface area (Å²) in [4.78, 5) is 20.9. The van der Waals surface area contributed by atoms with Gasteiger partial charge < -0.3 is 15.2 Å². The molecule has 3 rings (SSSR count). The van der Waals surface area contributed by atoms with Crippen LogP contribution in [0.5, 0.6) is 0 Å². The van der Waals surface area contributed by atoms with Crippen LogP contribution in [-0.2, 0) is 6.54 Å². The van der Waals surface area contributed by atoms with Crippen LogP contribution >= 0.6 is 0 Å². The van der Waals surface area contributed by atoms with Crippen molar-refractivity contribution in [2.24, 2.45) is 0 Å². The van der Waals surface area contributed by atoms with Gasteiger partial charge in [0.1, 0.15) is 5.82 Å². The highest BCUT2D eigenvalue weighted by Gasteiger charge is 2.19. The van der Waals surface area contributed by atoms with Gasteiger partial charge in [0.15, 0.2) is 0 Å². The average molecular weight is 312 g/mol. The molecule has 0 spiro atoms. The van der Waals surface area contributed by atoms with Crippen LogP contribution in [0.2, 0.25) is 0 Å². The number of aryl methyl sites for hydroxylation is 2. The zero-order valence-corrected chi connectivity index (χ0v) is 13.8. The average Bonchev–Trinajstić information content (AvgIpc) is 2.53. The van der Waals surface area contributed by atoms with Gasteiger partial charge >= 0.3 is 0 Å². The number of anilines is 1. The number of hydrogen-bond donors (Lipinski definition) is 2. The summed E-state index contributed by atoms with van der Waals surface area (Å²) in [5.41, 5.74) is 3.34. The van der Waals surface area contributed by atoms with E-state index in [4.69, 9.17) is 0 Å². The Hall–Kier alpha value is -2.14. The van der Waals surface area contributed by atoms with E-state index in [-0.39, 0.29) is 5.56 Å². The third kappa shape index (κ3) is 4.20. The maximum atomic E-state index is 11.5. The molecule has 1 aliphatic rings. The molecular formula is C18H24N4O. The Labute approximate surface area is 136 Å². The maximum Gasteiger partial charge on any atom is 0.251 e. The maximum absolute atomic E-state index is 11.5. The predicted molar refractivity (Wildman–Crippen MR) is 92.8 cm³/mol. The third-order valence-electron chi connectivity index (χ3n) is 4.38. The van der Waals surface area contributed by atoms with Crippen molar-refractivity contribution in [3.05, 3.63) is 57.8 Å². The lowest BCUT2D eigenvalue weighted by atomic mass is 10.0. The second kappa shape index (κ2) is 6.96. The van der Waals surface area contributed by atoms with Gasteiger partial charge in [-0.25, -0.2) is 4.98 Å². The monoisotopic (exact) mass is 312 g/mol. The highest BCUT2D eigenvalue weighted by atomic mass is 16.1. The molecule has 122 valence electrons. The number of H-pyrrole nitrogens is 1. The van der Waals surface area contributed by atoms with Gasteiger partial charge in [0.2, 0.25) is 0 Å². The molecule has 2 N–H and O–H groups in total. The first-order valence-electron chi connectivity index (χ1n) is 8.22. The Bertz CT molecular complexity index is 700. The second-order valence-corrected chi connectivity index (χ2v) is 6.30. The number of aromatic nitrogens is 2. The molecule has 1 aromatic carbocycles. The van der Waals surface area contributed by atoms with Crippen LogP contribution in [0.1, 0.15) is 29.9 Å². The molecule has 2 heterocycles. The van der Waals surface area contributed by atoms with Gasteiger partial charge in [-0.05, 0) is 38.8 Å². The third-order valence-corrected chi connectivity index (χ3v) is 4.38. The van der Waals surface area contributed by atoms with Crippen molar-refractivity contribution in [2.45, 2.75) is 39.3 Å². The van der Waals surface area contributed by atoms with E-state index in [2.05, 4.69) is 51.4 Å². The van der Waals surface area contributed by atoms with Gasteiger partial charge in [-0.2, -0.15) is 0 Å². The summed E-state index contributed by atoms with van der Waals surface area (Å²) in [6.07, 6.45) is 2.21.